The topological polar surface area (TPSA) is 26.0 Å². The van der Waals surface area contributed by atoms with Crippen molar-refractivity contribution >= 4 is 17.4 Å². The van der Waals surface area contributed by atoms with Crippen LogP contribution >= 0.6 is 11.8 Å². The van der Waals surface area contributed by atoms with Crippen LogP contribution in [0.5, 0.6) is 0 Å². The van der Waals surface area contributed by atoms with Crippen LogP contribution in [0.1, 0.15) is 18.4 Å². The maximum atomic E-state index is 5.60. The van der Waals surface area contributed by atoms with Crippen LogP contribution in [0.4, 0.5) is 5.69 Å². The molecular formula is C10H15NS. The first-order valence-corrected chi connectivity index (χ1v) is 5.48. The fourth-order valence-electron chi connectivity index (χ4n) is 1.17. The van der Waals surface area contributed by atoms with Crippen molar-refractivity contribution in [1.82, 2.24) is 0 Å². The Morgan fingerprint density at radius 3 is 2.42 bits per heavy atom. The van der Waals surface area contributed by atoms with Gasteiger partial charge in [0, 0.05) is 5.69 Å². The zero-order valence-corrected chi connectivity index (χ0v) is 8.40. The Kier molecular flexibility index (Phi) is 3.48. The van der Waals surface area contributed by atoms with Crippen LogP contribution in [0.25, 0.3) is 0 Å². The highest BCUT2D eigenvalue weighted by atomic mass is 32.2. The van der Waals surface area contributed by atoms with Gasteiger partial charge in [0.15, 0.2) is 0 Å². The zero-order valence-electron chi connectivity index (χ0n) is 7.58. The van der Waals surface area contributed by atoms with Gasteiger partial charge in [0.1, 0.15) is 0 Å². The lowest BCUT2D eigenvalue weighted by Crippen LogP contribution is -1.96. The van der Waals surface area contributed by atoms with Gasteiger partial charge in [0.25, 0.3) is 0 Å². The van der Waals surface area contributed by atoms with Crippen molar-refractivity contribution in [2.45, 2.75) is 12.8 Å². The molecule has 0 aliphatic rings. The summed E-state index contributed by atoms with van der Waals surface area (Å²) in [5.41, 5.74) is 7.81. The highest BCUT2D eigenvalue weighted by molar-refractivity contribution is 7.98. The second kappa shape index (κ2) is 4.41. The molecule has 0 amide bonds. The molecule has 1 rings (SSSR count). The van der Waals surface area contributed by atoms with E-state index in [0.29, 0.717) is 5.92 Å². The van der Waals surface area contributed by atoms with Gasteiger partial charge in [-0.2, -0.15) is 11.8 Å². The van der Waals surface area contributed by atoms with Crippen molar-refractivity contribution < 1.29 is 0 Å². The average molecular weight is 181 g/mol. The normalized spacial score (nSPS) is 12.8. The van der Waals surface area contributed by atoms with Crippen molar-refractivity contribution in [3.63, 3.8) is 0 Å². The zero-order chi connectivity index (χ0) is 8.97. The molecule has 1 unspecified atom stereocenters. The minimum Gasteiger partial charge on any atom is -0.399 e. The first kappa shape index (κ1) is 9.46. The van der Waals surface area contributed by atoms with Gasteiger partial charge in [-0.25, -0.2) is 0 Å². The fourth-order valence-corrected chi connectivity index (χ4v) is 1.86. The molecule has 2 N–H and O–H groups in total. The van der Waals surface area contributed by atoms with Crippen LogP contribution in [0.3, 0.4) is 0 Å². The van der Waals surface area contributed by atoms with Crippen molar-refractivity contribution in [3.8, 4) is 0 Å². The summed E-state index contributed by atoms with van der Waals surface area (Å²) in [4.78, 5) is 0. The van der Waals surface area contributed by atoms with Crippen LogP contribution < -0.4 is 5.73 Å². The second-order valence-corrected chi connectivity index (χ2v) is 3.93. The van der Waals surface area contributed by atoms with Crippen LogP contribution in [0.15, 0.2) is 24.3 Å². The Hall–Kier alpha value is -0.630. The molecular weight excluding hydrogens is 166 g/mol. The van der Waals surface area contributed by atoms with Crippen molar-refractivity contribution in [2.75, 3.05) is 17.7 Å². The molecule has 0 aliphatic heterocycles. The maximum Gasteiger partial charge on any atom is 0.0314 e. The number of hydrogen-bond donors (Lipinski definition) is 1. The molecule has 1 aromatic rings. The third-order valence-electron chi connectivity index (χ3n) is 1.92. The van der Waals surface area contributed by atoms with E-state index in [-0.39, 0.29) is 0 Å². The number of anilines is 1. The summed E-state index contributed by atoms with van der Waals surface area (Å²) in [6.07, 6.45) is 2.13. The number of hydrogen-bond acceptors (Lipinski definition) is 2. The molecule has 0 aromatic heterocycles. The van der Waals surface area contributed by atoms with Gasteiger partial charge < -0.3 is 5.73 Å². The van der Waals surface area contributed by atoms with Crippen molar-refractivity contribution in [3.05, 3.63) is 29.8 Å². The van der Waals surface area contributed by atoms with Crippen LogP contribution in [0, 0.1) is 0 Å². The summed E-state index contributed by atoms with van der Waals surface area (Å²) < 4.78 is 0. The number of thioether (sulfide) groups is 1. The van der Waals surface area contributed by atoms with Gasteiger partial charge in [-0.1, -0.05) is 19.1 Å². The second-order valence-electron chi connectivity index (χ2n) is 3.02. The molecule has 0 radical (unpaired) electrons. The Morgan fingerprint density at radius 2 is 1.92 bits per heavy atom. The van der Waals surface area contributed by atoms with Crippen molar-refractivity contribution in [1.29, 1.82) is 0 Å². The SMILES string of the molecule is CSCC(C)c1ccc(N)cc1. The molecule has 1 atom stereocenters. The number of benzene rings is 1. The number of nitrogens with two attached hydrogens (primary N) is 1. The minimum absolute atomic E-state index is 0.626. The van der Waals surface area contributed by atoms with Gasteiger partial charge >= 0.3 is 0 Å². The van der Waals surface area contributed by atoms with E-state index in [9.17, 15) is 0 Å². The molecule has 0 fully saturated rings. The Bertz CT molecular complexity index is 230. The van der Waals surface area contributed by atoms with E-state index in [0.717, 1.165) is 5.69 Å². The third kappa shape index (κ3) is 2.45. The van der Waals surface area contributed by atoms with Gasteiger partial charge in [0.05, 0.1) is 0 Å². The summed E-state index contributed by atoms with van der Waals surface area (Å²) >= 11 is 1.88. The van der Waals surface area contributed by atoms with Crippen LogP contribution in [0.2, 0.25) is 0 Å². The average Bonchev–Trinajstić information content (AvgIpc) is 2.06. The summed E-state index contributed by atoms with van der Waals surface area (Å²) in [5.74, 6) is 1.80. The van der Waals surface area contributed by atoms with E-state index < -0.39 is 0 Å². The van der Waals surface area contributed by atoms with E-state index in [4.69, 9.17) is 5.73 Å². The Labute approximate surface area is 78.4 Å². The molecule has 2 heteroatoms. The molecule has 0 bridgehead atoms. The smallest absolute Gasteiger partial charge is 0.0314 e. The third-order valence-corrected chi connectivity index (χ3v) is 2.76. The quantitative estimate of drug-likeness (QED) is 0.726. The summed E-state index contributed by atoms with van der Waals surface area (Å²) in [6, 6.07) is 8.14. The van der Waals surface area contributed by atoms with Crippen molar-refractivity contribution in [2.24, 2.45) is 0 Å². The van der Waals surface area contributed by atoms with Gasteiger partial charge in [0.2, 0.25) is 0 Å². The Morgan fingerprint density at radius 1 is 1.33 bits per heavy atom. The van der Waals surface area contributed by atoms with Gasteiger partial charge in [-0.05, 0) is 35.6 Å². The lowest BCUT2D eigenvalue weighted by atomic mass is 10.0. The first-order chi connectivity index (χ1) is 5.74. The van der Waals surface area contributed by atoms with E-state index in [1.54, 1.807) is 0 Å². The molecule has 66 valence electrons. The largest absolute Gasteiger partial charge is 0.399 e. The number of rotatable bonds is 3. The lowest BCUT2D eigenvalue weighted by Gasteiger charge is -2.09. The highest BCUT2D eigenvalue weighted by Crippen LogP contribution is 2.19. The molecule has 0 saturated heterocycles. The highest BCUT2D eigenvalue weighted by Gasteiger charge is 2.02. The van der Waals surface area contributed by atoms with E-state index in [2.05, 4.69) is 25.3 Å². The minimum atomic E-state index is 0.626. The summed E-state index contributed by atoms with van der Waals surface area (Å²) in [7, 11) is 0. The van der Waals surface area contributed by atoms with Gasteiger partial charge in [-0.3, -0.25) is 0 Å². The van der Waals surface area contributed by atoms with Crippen LogP contribution in [-0.4, -0.2) is 12.0 Å². The predicted octanol–water partition coefficient (Wildman–Crippen LogP) is 2.74. The molecule has 12 heavy (non-hydrogen) atoms. The predicted molar refractivity (Wildman–Crippen MR) is 57.7 cm³/mol. The molecule has 1 nitrogen and oxygen atoms in total. The number of nitrogen functional groups attached to an aromatic ring is 1. The van der Waals surface area contributed by atoms with E-state index in [1.165, 1.54) is 11.3 Å². The summed E-state index contributed by atoms with van der Waals surface area (Å²) in [6.45, 7) is 2.24. The van der Waals surface area contributed by atoms with E-state index >= 15 is 0 Å². The lowest BCUT2D eigenvalue weighted by molar-refractivity contribution is 0.882. The standard InChI is InChI=1S/C10H15NS/c1-8(7-12-2)9-3-5-10(11)6-4-9/h3-6,8H,7,11H2,1-2H3. The van der Waals surface area contributed by atoms with Gasteiger partial charge in [-0.15, -0.1) is 0 Å². The molecule has 1 aromatic carbocycles. The Balaban J connectivity index is 2.68. The summed E-state index contributed by atoms with van der Waals surface area (Å²) in [5, 5.41) is 0. The first-order valence-electron chi connectivity index (χ1n) is 4.08. The monoisotopic (exact) mass is 181 g/mol. The van der Waals surface area contributed by atoms with Crippen LogP contribution in [-0.2, 0) is 0 Å². The molecule has 0 spiro atoms. The molecule has 0 saturated carbocycles. The maximum absolute atomic E-state index is 5.60. The molecule has 0 aliphatic carbocycles. The fraction of sp³-hybridized carbons (Fsp3) is 0.400. The molecule has 0 heterocycles. The van der Waals surface area contributed by atoms with E-state index in [1.807, 2.05) is 23.9 Å².